The molecule has 0 aliphatic heterocycles. The third kappa shape index (κ3) is 2.85. The summed E-state index contributed by atoms with van der Waals surface area (Å²) >= 11 is 0. The van der Waals surface area contributed by atoms with Crippen molar-refractivity contribution in [2.45, 2.75) is 13.3 Å². The van der Waals surface area contributed by atoms with E-state index in [1.54, 1.807) is 19.1 Å². The van der Waals surface area contributed by atoms with E-state index in [4.69, 9.17) is 0 Å². The van der Waals surface area contributed by atoms with Crippen LogP contribution in [0.1, 0.15) is 24.3 Å². The van der Waals surface area contributed by atoms with Crippen molar-refractivity contribution in [3.05, 3.63) is 35.4 Å². The van der Waals surface area contributed by atoms with Gasteiger partial charge < -0.3 is 0 Å². The first-order valence-corrected chi connectivity index (χ1v) is 4.70. The largest absolute Gasteiger partial charge is 0.285 e. The Labute approximate surface area is 86.2 Å². The van der Waals surface area contributed by atoms with Crippen LogP contribution in [0.4, 0.5) is 0 Å². The van der Waals surface area contributed by atoms with Gasteiger partial charge >= 0.3 is 0 Å². The third-order valence-electron chi connectivity index (χ3n) is 1.95. The molecule has 1 aromatic rings. The van der Waals surface area contributed by atoms with Crippen LogP contribution >= 0.6 is 0 Å². The monoisotopic (exact) mass is 194 g/mol. The van der Waals surface area contributed by atoms with E-state index in [9.17, 15) is 4.79 Å². The number of hydrogen-bond donors (Lipinski definition) is 1. The normalized spacial score (nSPS) is 10.3. The molecule has 0 saturated carbocycles. The molecule has 0 heterocycles. The second-order valence-corrected chi connectivity index (χ2v) is 3.39. The van der Waals surface area contributed by atoms with Crippen LogP contribution in [-0.2, 0) is 6.42 Å². The summed E-state index contributed by atoms with van der Waals surface area (Å²) in [5, 5.41) is 1.63. The highest BCUT2D eigenvalue weighted by Crippen LogP contribution is 2.04. The van der Waals surface area contributed by atoms with Crippen LogP contribution in [0.25, 0.3) is 0 Å². The summed E-state index contributed by atoms with van der Waals surface area (Å²) in [6.45, 7) is 2.09. The molecule has 3 nitrogen and oxygen atoms in total. The van der Waals surface area contributed by atoms with Gasteiger partial charge in [0.2, 0.25) is 0 Å². The van der Waals surface area contributed by atoms with E-state index in [0.717, 1.165) is 6.42 Å². The molecule has 1 aromatic carbocycles. The minimum Gasteiger partial charge on any atom is -0.285 e. The number of nitrogens with one attached hydrogen (secondary N) is 1. The molecule has 1 N–H and O–H groups in total. The van der Waals surface area contributed by atoms with Gasteiger partial charge in [-0.2, -0.15) is 0 Å². The van der Waals surface area contributed by atoms with Crippen LogP contribution in [0, 0.1) is 0 Å². The van der Waals surface area contributed by atoms with Gasteiger partial charge in [0.15, 0.2) is 0 Å². The molecule has 1 rings (SSSR count). The Morgan fingerprint density at radius 2 is 1.93 bits per heavy atom. The van der Waals surface area contributed by atoms with E-state index < -0.39 is 0 Å². The molecule has 0 saturated heterocycles. The minimum absolute atomic E-state index is 0. The summed E-state index contributed by atoms with van der Waals surface area (Å²) in [6.07, 6.45) is 0.996. The Hall–Kier alpha value is -1.35. The smallest absolute Gasteiger partial charge is 0.265 e. The zero-order chi connectivity index (χ0) is 10.6. The van der Waals surface area contributed by atoms with Crippen LogP contribution in [-0.4, -0.2) is 25.0 Å². The lowest BCUT2D eigenvalue weighted by atomic mass is 10.1. The van der Waals surface area contributed by atoms with Gasteiger partial charge in [0.1, 0.15) is 0 Å². The standard InChI is InChI=1S/C11H16N2O.H2/c1-4-9-5-7-10(8-6-9)11(14)12-13(2)3;/h5-8H,4H2,1-3H3,(H,12,14);1H. The molecule has 0 spiro atoms. The van der Waals surface area contributed by atoms with Crippen LogP contribution in [0.2, 0.25) is 0 Å². The van der Waals surface area contributed by atoms with E-state index >= 15 is 0 Å². The number of carbonyl (C=O) groups is 1. The van der Waals surface area contributed by atoms with Crippen molar-refractivity contribution in [1.29, 1.82) is 0 Å². The number of hydrogen-bond acceptors (Lipinski definition) is 2. The molecular weight excluding hydrogens is 176 g/mol. The fourth-order valence-electron chi connectivity index (χ4n) is 1.16. The van der Waals surface area contributed by atoms with Crippen molar-refractivity contribution in [1.82, 2.24) is 10.4 Å². The highest BCUT2D eigenvalue weighted by atomic mass is 16.2. The first kappa shape index (κ1) is 10.7. The van der Waals surface area contributed by atoms with Gasteiger partial charge in [0.05, 0.1) is 0 Å². The summed E-state index contributed by atoms with van der Waals surface area (Å²) in [5.41, 5.74) is 4.62. The summed E-state index contributed by atoms with van der Waals surface area (Å²) in [6, 6.07) is 7.64. The Morgan fingerprint density at radius 3 is 2.36 bits per heavy atom. The van der Waals surface area contributed by atoms with Gasteiger partial charge in [-0.15, -0.1) is 0 Å². The fraction of sp³-hybridized carbons (Fsp3) is 0.364. The Bertz CT molecular complexity index is 309. The predicted molar refractivity (Wildman–Crippen MR) is 59.1 cm³/mol. The van der Waals surface area contributed by atoms with Crippen molar-refractivity contribution >= 4 is 5.91 Å². The Kier molecular flexibility index (Phi) is 3.65. The van der Waals surface area contributed by atoms with E-state index in [1.807, 2.05) is 24.3 Å². The summed E-state index contributed by atoms with van der Waals surface area (Å²) in [7, 11) is 3.58. The summed E-state index contributed by atoms with van der Waals surface area (Å²) in [5.74, 6) is -0.0716. The predicted octanol–water partition coefficient (Wildman–Crippen LogP) is 1.70. The van der Waals surface area contributed by atoms with Gasteiger partial charge in [-0.1, -0.05) is 19.1 Å². The quantitative estimate of drug-likeness (QED) is 0.743. The molecule has 0 radical (unpaired) electrons. The number of aryl methyl sites for hydroxylation is 1. The number of nitrogens with zero attached hydrogens (tertiary/aromatic N) is 1. The highest BCUT2D eigenvalue weighted by molar-refractivity contribution is 5.93. The molecule has 0 fully saturated rings. The zero-order valence-corrected chi connectivity index (χ0v) is 8.87. The number of rotatable bonds is 3. The fourth-order valence-corrected chi connectivity index (χ4v) is 1.16. The molecule has 3 heteroatoms. The lowest BCUT2D eigenvalue weighted by Crippen LogP contribution is -2.36. The second-order valence-electron chi connectivity index (χ2n) is 3.39. The molecule has 0 bridgehead atoms. The molecule has 0 unspecified atom stereocenters. The van der Waals surface area contributed by atoms with Gasteiger partial charge in [-0.05, 0) is 24.1 Å². The maximum absolute atomic E-state index is 11.5. The Morgan fingerprint density at radius 1 is 1.36 bits per heavy atom. The number of carbonyl (C=O) groups excluding carboxylic acids is 1. The van der Waals surface area contributed by atoms with E-state index in [2.05, 4.69) is 12.3 Å². The number of hydrazine groups is 1. The maximum Gasteiger partial charge on any atom is 0.265 e. The first-order valence-electron chi connectivity index (χ1n) is 4.70. The maximum atomic E-state index is 11.5. The lowest BCUT2D eigenvalue weighted by molar-refractivity contribution is 0.0857. The Balaban J connectivity index is 0.00000196. The molecule has 1 amide bonds. The van der Waals surface area contributed by atoms with Crippen LogP contribution in [0.3, 0.4) is 0 Å². The molecule has 0 aliphatic rings. The van der Waals surface area contributed by atoms with Crippen molar-refractivity contribution in [2.24, 2.45) is 0 Å². The molecule has 0 aromatic heterocycles. The second kappa shape index (κ2) is 4.77. The minimum atomic E-state index is -0.0716. The average Bonchev–Trinajstić information content (AvgIpc) is 2.17. The first-order chi connectivity index (χ1) is 6.63. The molecule has 14 heavy (non-hydrogen) atoms. The van der Waals surface area contributed by atoms with E-state index in [0.29, 0.717) is 5.56 Å². The van der Waals surface area contributed by atoms with Crippen molar-refractivity contribution in [2.75, 3.05) is 14.1 Å². The van der Waals surface area contributed by atoms with Crippen molar-refractivity contribution in [3.63, 3.8) is 0 Å². The van der Waals surface area contributed by atoms with Crippen molar-refractivity contribution < 1.29 is 6.22 Å². The SMILES string of the molecule is CCc1ccc(C(=O)NN(C)C)cc1.[HH]. The molecule has 0 atom stereocenters. The van der Waals surface area contributed by atoms with Gasteiger partial charge in [0.25, 0.3) is 5.91 Å². The highest BCUT2D eigenvalue weighted by Gasteiger charge is 2.04. The van der Waals surface area contributed by atoms with Crippen molar-refractivity contribution in [3.8, 4) is 0 Å². The topological polar surface area (TPSA) is 32.3 Å². The molecular formula is C11H18N2O. The van der Waals surface area contributed by atoms with Gasteiger partial charge in [0, 0.05) is 21.1 Å². The molecule has 78 valence electrons. The van der Waals surface area contributed by atoms with Crippen LogP contribution in [0.5, 0.6) is 0 Å². The van der Waals surface area contributed by atoms with Crippen LogP contribution < -0.4 is 5.43 Å². The lowest BCUT2D eigenvalue weighted by Gasteiger charge is -2.11. The zero-order valence-electron chi connectivity index (χ0n) is 8.87. The van der Waals surface area contributed by atoms with E-state index in [-0.39, 0.29) is 7.33 Å². The van der Waals surface area contributed by atoms with Crippen LogP contribution in [0.15, 0.2) is 24.3 Å². The van der Waals surface area contributed by atoms with Gasteiger partial charge in [-0.25, -0.2) is 5.01 Å². The van der Waals surface area contributed by atoms with Gasteiger partial charge in [-0.3, -0.25) is 10.2 Å². The average molecular weight is 194 g/mol. The number of amides is 1. The van der Waals surface area contributed by atoms with E-state index in [1.165, 1.54) is 5.56 Å². The third-order valence-corrected chi connectivity index (χ3v) is 1.95. The molecule has 0 aliphatic carbocycles. The summed E-state index contributed by atoms with van der Waals surface area (Å²) < 4.78 is 0. The number of benzene rings is 1. The summed E-state index contributed by atoms with van der Waals surface area (Å²) in [4.78, 5) is 11.5.